The minimum absolute atomic E-state index is 0.0263. The third kappa shape index (κ3) is 3.71. The summed E-state index contributed by atoms with van der Waals surface area (Å²) in [5, 5.41) is 11.1. The molecule has 0 atom stereocenters. The van der Waals surface area contributed by atoms with Crippen LogP contribution in [-0.2, 0) is 0 Å². The number of aromatic nitrogens is 1. The first-order valence-corrected chi connectivity index (χ1v) is 9.10. The maximum absolute atomic E-state index is 11.1. The summed E-state index contributed by atoms with van der Waals surface area (Å²) in [6.07, 6.45) is 0. The highest BCUT2D eigenvalue weighted by Gasteiger charge is 2.20. The van der Waals surface area contributed by atoms with Crippen LogP contribution >= 0.6 is 0 Å². The summed E-state index contributed by atoms with van der Waals surface area (Å²) in [5.41, 5.74) is 2.18. The number of fused-ring (bicyclic) bond motifs is 1. The molecule has 0 radical (unpaired) electrons. The fraction of sp³-hybridized carbons (Fsp3) is 0.350. The van der Waals surface area contributed by atoms with Gasteiger partial charge in [0.05, 0.1) is 24.7 Å². The van der Waals surface area contributed by atoms with Crippen molar-refractivity contribution >= 4 is 16.8 Å². The van der Waals surface area contributed by atoms with Crippen molar-refractivity contribution < 1.29 is 23.6 Å². The summed E-state index contributed by atoms with van der Waals surface area (Å²) in [5.74, 6) is 1.90. The minimum atomic E-state index is -0.446. The molecule has 2 aromatic carbocycles. The monoisotopic (exact) mass is 386 g/mol. The van der Waals surface area contributed by atoms with Crippen LogP contribution in [0.4, 0.5) is 5.69 Å². The molecule has 0 saturated heterocycles. The molecule has 0 bridgehead atoms. The maximum Gasteiger partial charge on any atom is 0.272 e. The van der Waals surface area contributed by atoms with Crippen molar-refractivity contribution in [2.75, 3.05) is 19.8 Å². The molecule has 0 spiro atoms. The van der Waals surface area contributed by atoms with E-state index in [1.54, 1.807) is 19.1 Å². The molecule has 3 rings (SSSR count). The Bertz CT molecular complexity index is 984. The Hall–Kier alpha value is -3.29. The van der Waals surface area contributed by atoms with E-state index in [4.69, 9.17) is 18.6 Å². The lowest BCUT2D eigenvalue weighted by molar-refractivity contribution is -0.384. The van der Waals surface area contributed by atoms with Crippen LogP contribution in [0.3, 0.4) is 0 Å². The molecule has 0 amide bonds. The highest BCUT2D eigenvalue weighted by Crippen LogP contribution is 2.42. The van der Waals surface area contributed by atoms with Crippen LogP contribution in [0.1, 0.15) is 26.3 Å². The van der Waals surface area contributed by atoms with Crippen LogP contribution < -0.4 is 14.2 Å². The predicted molar refractivity (Wildman–Crippen MR) is 104 cm³/mol. The lowest BCUT2D eigenvalue weighted by Gasteiger charge is -2.16. The number of aryl methyl sites for hydroxylation is 1. The molecule has 1 aromatic heterocycles. The van der Waals surface area contributed by atoms with Gasteiger partial charge in [0, 0.05) is 23.3 Å². The number of hydrogen-bond acceptors (Lipinski definition) is 7. The number of oxazole rings is 1. The van der Waals surface area contributed by atoms with Gasteiger partial charge in [0.15, 0.2) is 17.1 Å². The first-order valence-electron chi connectivity index (χ1n) is 9.10. The van der Waals surface area contributed by atoms with E-state index in [2.05, 4.69) is 4.98 Å². The normalized spacial score (nSPS) is 10.9. The topological polar surface area (TPSA) is 96.9 Å². The number of nitrogens with zero attached hydrogens (tertiary/aromatic N) is 2. The number of nitro benzene ring substituents is 1. The van der Waals surface area contributed by atoms with Crippen LogP contribution in [0, 0.1) is 17.0 Å². The van der Waals surface area contributed by atoms with Crippen molar-refractivity contribution in [2.24, 2.45) is 0 Å². The molecule has 0 aliphatic carbocycles. The smallest absolute Gasteiger partial charge is 0.272 e. The summed E-state index contributed by atoms with van der Waals surface area (Å²) >= 11 is 0. The SMILES string of the molecule is CCOc1cc(-c2nc3cc([N+](=O)[O-])cc(C)c3o2)cc(OCC)c1OCC. The van der Waals surface area contributed by atoms with E-state index in [9.17, 15) is 10.1 Å². The van der Waals surface area contributed by atoms with E-state index in [-0.39, 0.29) is 5.69 Å². The van der Waals surface area contributed by atoms with Gasteiger partial charge in [0.2, 0.25) is 11.6 Å². The Balaban J connectivity index is 2.16. The van der Waals surface area contributed by atoms with E-state index < -0.39 is 4.92 Å². The van der Waals surface area contributed by atoms with Crippen LogP contribution in [0.5, 0.6) is 17.2 Å². The second-order valence-corrected chi connectivity index (χ2v) is 5.99. The van der Waals surface area contributed by atoms with E-state index in [1.807, 2.05) is 20.8 Å². The molecule has 8 nitrogen and oxygen atoms in total. The summed E-state index contributed by atoms with van der Waals surface area (Å²) in [6, 6.07) is 6.40. The molecule has 0 aliphatic rings. The summed E-state index contributed by atoms with van der Waals surface area (Å²) in [7, 11) is 0. The van der Waals surface area contributed by atoms with Crippen molar-refractivity contribution in [1.29, 1.82) is 0 Å². The van der Waals surface area contributed by atoms with Gasteiger partial charge in [-0.2, -0.15) is 0 Å². The van der Waals surface area contributed by atoms with Crippen molar-refractivity contribution in [1.82, 2.24) is 4.98 Å². The predicted octanol–water partition coefficient (Wildman–Crippen LogP) is 4.91. The summed E-state index contributed by atoms with van der Waals surface area (Å²) in [4.78, 5) is 15.1. The average Bonchev–Trinajstić information content (AvgIpc) is 3.09. The third-order valence-electron chi connectivity index (χ3n) is 4.03. The Morgan fingerprint density at radius 1 is 1.00 bits per heavy atom. The molecular formula is C20H22N2O6. The van der Waals surface area contributed by atoms with Gasteiger partial charge in [-0.15, -0.1) is 0 Å². The van der Waals surface area contributed by atoms with Gasteiger partial charge >= 0.3 is 0 Å². The van der Waals surface area contributed by atoms with Crippen LogP contribution in [-0.4, -0.2) is 29.7 Å². The first-order chi connectivity index (χ1) is 13.5. The second kappa shape index (κ2) is 8.16. The van der Waals surface area contributed by atoms with Gasteiger partial charge < -0.3 is 18.6 Å². The molecule has 1 heterocycles. The summed E-state index contributed by atoms with van der Waals surface area (Å²) in [6.45, 7) is 8.76. The minimum Gasteiger partial charge on any atom is -0.490 e. The molecule has 0 fully saturated rings. The highest BCUT2D eigenvalue weighted by atomic mass is 16.6. The van der Waals surface area contributed by atoms with E-state index in [0.29, 0.717) is 65.2 Å². The lowest BCUT2D eigenvalue weighted by Crippen LogP contribution is -2.03. The van der Waals surface area contributed by atoms with Gasteiger partial charge in [-0.3, -0.25) is 10.1 Å². The molecule has 0 saturated carbocycles. The number of ether oxygens (including phenoxy) is 3. The van der Waals surface area contributed by atoms with Gasteiger partial charge in [0.25, 0.3) is 5.69 Å². The molecule has 0 aliphatic heterocycles. The van der Waals surface area contributed by atoms with Crippen molar-refractivity contribution in [2.45, 2.75) is 27.7 Å². The van der Waals surface area contributed by atoms with Crippen LogP contribution in [0.15, 0.2) is 28.7 Å². The Labute approximate surface area is 162 Å². The quantitative estimate of drug-likeness (QED) is 0.401. The zero-order valence-corrected chi connectivity index (χ0v) is 16.3. The molecule has 148 valence electrons. The zero-order chi connectivity index (χ0) is 20.3. The second-order valence-electron chi connectivity index (χ2n) is 5.99. The van der Waals surface area contributed by atoms with Crippen LogP contribution in [0.2, 0.25) is 0 Å². The number of non-ortho nitro benzene ring substituents is 1. The fourth-order valence-corrected chi connectivity index (χ4v) is 2.92. The van der Waals surface area contributed by atoms with Gasteiger partial charge in [-0.1, -0.05) is 0 Å². The molecule has 3 aromatic rings. The van der Waals surface area contributed by atoms with E-state index >= 15 is 0 Å². The Morgan fingerprint density at radius 2 is 1.61 bits per heavy atom. The maximum atomic E-state index is 11.1. The van der Waals surface area contributed by atoms with E-state index in [0.717, 1.165) is 0 Å². The molecule has 0 unspecified atom stereocenters. The van der Waals surface area contributed by atoms with Gasteiger partial charge in [0.1, 0.15) is 5.52 Å². The zero-order valence-electron chi connectivity index (χ0n) is 16.3. The molecular weight excluding hydrogens is 364 g/mol. The van der Waals surface area contributed by atoms with Crippen molar-refractivity contribution in [3.05, 3.63) is 39.9 Å². The fourth-order valence-electron chi connectivity index (χ4n) is 2.92. The standard InChI is InChI=1S/C20H22N2O6/c1-5-25-16-9-13(10-17(26-6-2)19(16)27-7-3)20-21-15-11-14(22(23)24)8-12(4)18(15)28-20/h8-11H,5-7H2,1-4H3. The molecule has 8 heteroatoms. The highest BCUT2D eigenvalue weighted by molar-refractivity contribution is 5.82. The van der Waals surface area contributed by atoms with Crippen molar-refractivity contribution in [3.8, 4) is 28.7 Å². The van der Waals surface area contributed by atoms with Crippen LogP contribution in [0.25, 0.3) is 22.6 Å². The largest absolute Gasteiger partial charge is 0.490 e. The number of nitro groups is 1. The lowest BCUT2D eigenvalue weighted by atomic mass is 10.1. The number of benzene rings is 2. The molecule has 0 N–H and O–H groups in total. The van der Waals surface area contributed by atoms with Gasteiger partial charge in [-0.05, 0) is 39.8 Å². The number of rotatable bonds is 8. The van der Waals surface area contributed by atoms with Gasteiger partial charge in [-0.25, -0.2) is 4.98 Å². The Kier molecular flexibility index (Phi) is 5.67. The average molecular weight is 386 g/mol. The van der Waals surface area contributed by atoms with Crippen molar-refractivity contribution in [3.63, 3.8) is 0 Å². The van der Waals surface area contributed by atoms with E-state index in [1.165, 1.54) is 12.1 Å². The summed E-state index contributed by atoms with van der Waals surface area (Å²) < 4.78 is 23.1. The number of hydrogen-bond donors (Lipinski definition) is 0. The first kappa shape index (κ1) is 19.5. The third-order valence-corrected chi connectivity index (χ3v) is 4.03. The Morgan fingerprint density at radius 3 is 2.14 bits per heavy atom. The molecule has 28 heavy (non-hydrogen) atoms.